The molecule has 0 aliphatic rings. The van der Waals surface area contributed by atoms with E-state index in [1.54, 1.807) is 6.20 Å². The molecule has 0 radical (unpaired) electrons. The number of benzene rings is 1. The van der Waals surface area contributed by atoms with E-state index < -0.39 is 0 Å². The van der Waals surface area contributed by atoms with Crippen molar-refractivity contribution in [1.29, 1.82) is 0 Å². The molecule has 100 valence electrons. The number of hydrogen-bond donors (Lipinski definition) is 1. The second-order valence-corrected chi connectivity index (χ2v) is 4.71. The predicted octanol–water partition coefficient (Wildman–Crippen LogP) is 2.58. The van der Waals surface area contributed by atoms with Crippen LogP contribution >= 0.6 is 0 Å². The predicted molar refractivity (Wildman–Crippen MR) is 78.8 cm³/mol. The van der Waals surface area contributed by atoms with Crippen LogP contribution in [0.15, 0.2) is 30.5 Å². The number of aromatic nitrogens is 2. The first-order chi connectivity index (χ1) is 9.11. The van der Waals surface area contributed by atoms with Crippen LogP contribution in [-0.4, -0.2) is 24.1 Å². The molecule has 4 nitrogen and oxygen atoms in total. The van der Waals surface area contributed by atoms with E-state index in [1.165, 1.54) is 16.8 Å². The fourth-order valence-electron chi connectivity index (χ4n) is 2.12. The van der Waals surface area contributed by atoms with E-state index in [9.17, 15) is 0 Å². The van der Waals surface area contributed by atoms with E-state index >= 15 is 0 Å². The lowest BCUT2D eigenvalue weighted by Crippen LogP contribution is -2.15. The number of hydrogen-bond acceptors (Lipinski definition) is 4. The van der Waals surface area contributed by atoms with E-state index in [-0.39, 0.29) is 0 Å². The van der Waals surface area contributed by atoms with Gasteiger partial charge in [0.05, 0.1) is 6.54 Å². The number of anilines is 2. The Kier molecular flexibility index (Phi) is 4.12. The lowest BCUT2D eigenvalue weighted by Gasteiger charge is -2.21. The largest absolute Gasteiger partial charge is 0.329 e. The van der Waals surface area contributed by atoms with Gasteiger partial charge in [-0.15, -0.1) is 0 Å². The summed E-state index contributed by atoms with van der Waals surface area (Å²) in [5.41, 5.74) is 3.68. The quantitative estimate of drug-likeness (QED) is 0.913. The Hall–Kier alpha value is -1.94. The van der Waals surface area contributed by atoms with Crippen LogP contribution in [0.1, 0.15) is 17.0 Å². The molecule has 0 bridgehead atoms. The first kappa shape index (κ1) is 13.5. The van der Waals surface area contributed by atoms with Gasteiger partial charge in [-0.25, -0.2) is 9.97 Å². The monoisotopic (exact) mass is 256 g/mol. The minimum Gasteiger partial charge on any atom is -0.329 e. The van der Waals surface area contributed by atoms with E-state index in [4.69, 9.17) is 0 Å². The van der Waals surface area contributed by atoms with Crippen molar-refractivity contribution >= 4 is 11.5 Å². The van der Waals surface area contributed by atoms with Crippen molar-refractivity contribution in [2.24, 2.45) is 0 Å². The van der Waals surface area contributed by atoms with Crippen molar-refractivity contribution in [3.8, 4) is 0 Å². The molecule has 0 aliphatic heterocycles. The molecule has 0 fully saturated rings. The Morgan fingerprint density at radius 2 is 2.00 bits per heavy atom. The zero-order valence-corrected chi connectivity index (χ0v) is 11.9. The van der Waals surface area contributed by atoms with Crippen LogP contribution in [0, 0.1) is 13.8 Å². The Balaban J connectivity index is 2.32. The smallest absolute Gasteiger partial charge is 0.144 e. The summed E-state index contributed by atoms with van der Waals surface area (Å²) in [5, 5.41) is 3.07. The molecule has 1 aromatic carbocycles. The highest BCUT2D eigenvalue weighted by Gasteiger charge is 2.09. The molecule has 4 heteroatoms. The highest BCUT2D eigenvalue weighted by Crippen LogP contribution is 2.25. The van der Waals surface area contributed by atoms with Gasteiger partial charge in [0, 0.05) is 18.9 Å². The first-order valence-electron chi connectivity index (χ1n) is 6.39. The van der Waals surface area contributed by atoms with Crippen molar-refractivity contribution in [3.05, 3.63) is 47.4 Å². The molecule has 0 amide bonds. The van der Waals surface area contributed by atoms with Gasteiger partial charge in [0.1, 0.15) is 11.6 Å². The zero-order chi connectivity index (χ0) is 13.8. The van der Waals surface area contributed by atoms with Crippen molar-refractivity contribution in [2.45, 2.75) is 20.4 Å². The molecule has 1 aromatic heterocycles. The van der Waals surface area contributed by atoms with Gasteiger partial charge in [0.15, 0.2) is 0 Å². The molecule has 0 saturated heterocycles. The first-order valence-corrected chi connectivity index (χ1v) is 6.39. The van der Waals surface area contributed by atoms with Crippen LogP contribution in [0.3, 0.4) is 0 Å². The standard InChI is InChI=1S/C15H20N4/c1-11-5-6-13(12(2)9-11)19(4)15-7-8-17-14(18-15)10-16-3/h5-9,16H,10H2,1-4H3. The van der Waals surface area contributed by atoms with Gasteiger partial charge in [-0.05, 0) is 38.6 Å². The Labute approximate surface area is 114 Å². The molecule has 1 heterocycles. The third-order valence-electron chi connectivity index (χ3n) is 3.08. The molecular formula is C15H20N4. The van der Waals surface area contributed by atoms with Crippen molar-refractivity contribution in [1.82, 2.24) is 15.3 Å². The highest BCUT2D eigenvalue weighted by atomic mass is 15.2. The second-order valence-electron chi connectivity index (χ2n) is 4.71. The molecule has 1 N–H and O–H groups in total. The summed E-state index contributed by atoms with van der Waals surface area (Å²) in [4.78, 5) is 10.9. The van der Waals surface area contributed by atoms with Crippen molar-refractivity contribution in [2.75, 3.05) is 19.0 Å². The molecule has 0 spiro atoms. The van der Waals surface area contributed by atoms with Crippen LogP contribution in [0.2, 0.25) is 0 Å². The van der Waals surface area contributed by atoms with Gasteiger partial charge in [-0.3, -0.25) is 0 Å². The van der Waals surface area contributed by atoms with Gasteiger partial charge >= 0.3 is 0 Å². The summed E-state index contributed by atoms with van der Waals surface area (Å²) < 4.78 is 0. The molecule has 2 rings (SSSR count). The minimum absolute atomic E-state index is 0.675. The molecule has 0 unspecified atom stereocenters. The van der Waals surface area contributed by atoms with Gasteiger partial charge in [0.2, 0.25) is 0 Å². The van der Waals surface area contributed by atoms with E-state index in [2.05, 4.69) is 52.2 Å². The number of nitrogens with zero attached hydrogens (tertiary/aromatic N) is 3. The number of nitrogens with one attached hydrogen (secondary N) is 1. The van der Waals surface area contributed by atoms with E-state index in [0.29, 0.717) is 6.54 Å². The summed E-state index contributed by atoms with van der Waals surface area (Å²) in [7, 11) is 3.92. The summed E-state index contributed by atoms with van der Waals surface area (Å²) in [6.07, 6.45) is 1.80. The highest BCUT2D eigenvalue weighted by molar-refractivity contribution is 5.63. The van der Waals surface area contributed by atoms with E-state index in [0.717, 1.165) is 11.6 Å². The summed E-state index contributed by atoms with van der Waals surface area (Å²) in [6.45, 7) is 4.90. The normalized spacial score (nSPS) is 10.5. The maximum absolute atomic E-state index is 4.55. The second kappa shape index (κ2) is 5.80. The molecule has 2 aromatic rings. The third-order valence-corrected chi connectivity index (χ3v) is 3.08. The molecule has 19 heavy (non-hydrogen) atoms. The third kappa shape index (κ3) is 3.09. The van der Waals surface area contributed by atoms with Crippen LogP contribution in [0.4, 0.5) is 11.5 Å². The summed E-state index contributed by atoms with van der Waals surface area (Å²) in [6, 6.07) is 8.36. The maximum Gasteiger partial charge on any atom is 0.144 e. The average Bonchev–Trinajstić information content (AvgIpc) is 2.39. The van der Waals surface area contributed by atoms with Gasteiger partial charge < -0.3 is 10.2 Å². The molecule has 0 aliphatic carbocycles. The molecule has 0 saturated carbocycles. The lowest BCUT2D eigenvalue weighted by atomic mass is 10.1. The number of rotatable bonds is 4. The van der Waals surface area contributed by atoms with Crippen molar-refractivity contribution < 1.29 is 0 Å². The SMILES string of the molecule is CNCc1nccc(N(C)c2ccc(C)cc2C)n1. The van der Waals surface area contributed by atoms with Crippen LogP contribution < -0.4 is 10.2 Å². The summed E-state index contributed by atoms with van der Waals surface area (Å²) in [5.74, 6) is 1.71. The Bertz CT molecular complexity index is 566. The van der Waals surface area contributed by atoms with Crippen molar-refractivity contribution in [3.63, 3.8) is 0 Å². The molecular weight excluding hydrogens is 236 g/mol. The maximum atomic E-state index is 4.55. The lowest BCUT2D eigenvalue weighted by molar-refractivity contribution is 0.756. The number of aryl methyl sites for hydroxylation is 2. The molecule has 0 atom stereocenters. The van der Waals surface area contributed by atoms with Gasteiger partial charge in [-0.1, -0.05) is 17.7 Å². The van der Waals surface area contributed by atoms with Gasteiger partial charge in [0.25, 0.3) is 0 Å². The zero-order valence-electron chi connectivity index (χ0n) is 11.9. The topological polar surface area (TPSA) is 41.1 Å². The Morgan fingerprint density at radius 3 is 2.68 bits per heavy atom. The van der Waals surface area contributed by atoms with Gasteiger partial charge in [-0.2, -0.15) is 0 Å². The minimum atomic E-state index is 0.675. The van der Waals surface area contributed by atoms with Crippen LogP contribution in [0.5, 0.6) is 0 Å². The summed E-state index contributed by atoms with van der Waals surface area (Å²) >= 11 is 0. The fourth-order valence-corrected chi connectivity index (χ4v) is 2.12. The average molecular weight is 256 g/mol. The van der Waals surface area contributed by atoms with Crippen LogP contribution in [-0.2, 0) is 6.54 Å². The Morgan fingerprint density at radius 1 is 1.21 bits per heavy atom. The fraction of sp³-hybridized carbons (Fsp3) is 0.333. The van der Waals surface area contributed by atoms with Crippen LogP contribution in [0.25, 0.3) is 0 Å². The van der Waals surface area contributed by atoms with E-state index in [1.807, 2.05) is 20.2 Å².